The van der Waals surface area contributed by atoms with Crippen molar-refractivity contribution < 1.29 is 9.18 Å². The van der Waals surface area contributed by atoms with E-state index in [1.54, 1.807) is 17.0 Å². The number of benzene rings is 2. The summed E-state index contributed by atoms with van der Waals surface area (Å²) >= 11 is 0. The van der Waals surface area contributed by atoms with Crippen molar-refractivity contribution in [2.24, 2.45) is 0 Å². The molecule has 0 radical (unpaired) electrons. The molecular weight excluding hydrogens is 379 g/mol. The molecule has 0 bridgehead atoms. The normalized spacial score (nSPS) is 15.9. The lowest BCUT2D eigenvalue weighted by Crippen LogP contribution is -2.38. The van der Waals surface area contributed by atoms with Gasteiger partial charge in [-0.15, -0.1) is 0 Å². The van der Waals surface area contributed by atoms with Gasteiger partial charge in [0.15, 0.2) is 5.82 Å². The zero-order chi connectivity index (χ0) is 20.5. The van der Waals surface area contributed by atoms with E-state index in [0.717, 1.165) is 54.4 Å². The van der Waals surface area contributed by atoms with E-state index in [0.29, 0.717) is 25.1 Å². The molecule has 0 unspecified atom stereocenters. The Balaban J connectivity index is 1.52. The van der Waals surface area contributed by atoms with E-state index >= 15 is 0 Å². The third-order valence-corrected chi connectivity index (χ3v) is 5.83. The summed E-state index contributed by atoms with van der Waals surface area (Å²) in [5.74, 6) is 1.13. The Morgan fingerprint density at radius 3 is 2.50 bits per heavy atom. The molecular formula is C24H23FN4O. The Hall–Kier alpha value is -3.28. The van der Waals surface area contributed by atoms with Gasteiger partial charge in [0, 0.05) is 42.7 Å². The summed E-state index contributed by atoms with van der Waals surface area (Å²) in [5, 5.41) is 0. The first-order valence-electron chi connectivity index (χ1n) is 10.4. The molecule has 3 heterocycles. The SMILES string of the molecule is O=C(c1cccc(F)c1)N1CCc2nc(-c3ccccc3)nc(N3CCCC3)c2C1. The molecule has 30 heavy (non-hydrogen) atoms. The van der Waals surface area contributed by atoms with Gasteiger partial charge in [-0.2, -0.15) is 0 Å². The molecule has 0 N–H and O–H groups in total. The van der Waals surface area contributed by atoms with Crippen LogP contribution in [0.1, 0.15) is 34.5 Å². The summed E-state index contributed by atoms with van der Waals surface area (Å²) in [6, 6.07) is 15.9. The van der Waals surface area contributed by atoms with Crippen molar-refractivity contribution in [2.75, 3.05) is 24.5 Å². The largest absolute Gasteiger partial charge is 0.356 e. The number of anilines is 1. The lowest BCUT2D eigenvalue weighted by molar-refractivity contribution is 0.0733. The maximum Gasteiger partial charge on any atom is 0.254 e. The standard InChI is InChI=1S/C24H23FN4O/c25-19-10-6-9-18(15-19)24(30)29-14-11-21-20(16-29)23(28-12-4-5-13-28)27-22(26-21)17-7-2-1-3-8-17/h1-3,6-10,15H,4-5,11-14,16H2. The van der Waals surface area contributed by atoms with Gasteiger partial charge in [0.05, 0.1) is 12.2 Å². The van der Waals surface area contributed by atoms with Crippen molar-refractivity contribution >= 4 is 11.7 Å². The zero-order valence-electron chi connectivity index (χ0n) is 16.7. The van der Waals surface area contributed by atoms with Crippen LogP contribution >= 0.6 is 0 Å². The van der Waals surface area contributed by atoms with Crippen molar-refractivity contribution in [2.45, 2.75) is 25.8 Å². The Morgan fingerprint density at radius 1 is 0.933 bits per heavy atom. The summed E-state index contributed by atoms with van der Waals surface area (Å²) in [6.45, 7) is 2.95. The van der Waals surface area contributed by atoms with Crippen LogP contribution in [0.2, 0.25) is 0 Å². The highest BCUT2D eigenvalue weighted by Crippen LogP contribution is 2.32. The molecule has 5 nitrogen and oxygen atoms in total. The van der Waals surface area contributed by atoms with Crippen molar-refractivity contribution in [1.82, 2.24) is 14.9 Å². The second-order valence-corrected chi connectivity index (χ2v) is 7.84. The van der Waals surface area contributed by atoms with Gasteiger partial charge in [0.1, 0.15) is 11.6 Å². The minimum atomic E-state index is -0.396. The quantitative estimate of drug-likeness (QED) is 0.662. The molecule has 1 saturated heterocycles. The average Bonchev–Trinajstić information content (AvgIpc) is 3.33. The van der Waals surface area contributed by atoms with Crippen molar-refractivity contribution in [3.63, 3.8) is 0 Å². The van der Waals surface area contributed by atoms with Crippen LogP contribution in [0.15, 0.2) is 54.6 Å². The van der Waals surface area contributed by atoms with Crippen molar-refractivity contribution in [3.8, 4) is 11.4 Å². The maximum absolute atomic E-state index is 13.6. The van der Waals surface area contributed by atoms with Crippen molar-refractivity contribution in [3.05, 3.63) is 77.2 Å². The van der Waals surface area contributed by atoms with Crippen LogP contribution in [0.25, 0.3) is 11.4 Å². The molecule has 3 aromatic rings. The average molecular weight is 402 g/mol. The van der Waals surface area contributed by atoms with Gasteiger partial charge in [0.25, 0.3) is 5.91 Å². The molecule has 6 heteroatoms. The number of carbonyl (C=O) groups excluding carboxylic acids is 1. The summed E-state index contributed by atoms with van der Waals surface area (Å²) in [5.41, 5.74) is 3.41. The molecule has 0 aliphatic carbocycles. The molecule has 0 atom stereocenters. The molecule has 0 spiro atoms. The number of nitrogens with zero attached hydrogens (tertiary/aromatic N) is 4. The van der Waals surface area contributed by atoms with Crippen LogP contribution in [0, 0.1) is 5.82 Å². The van der Waals surface area contributed by atoms with Crippen LogP contribution in [0.3, 0.4) is 0 Å². The van der Waals surface area contributed by atoms with Gasteiger partial charge in [-0.1, -0.05) is 36.4 Å². The highest BCUT2D eigenvalue weighted by Gasteiger charge is 2.29. The lowest BCUT2D eigenvalue weighted by atomic mass is 10.0. The third kappa shape index (κ3) is 3.54. The molecule has 2 aliphatic rings. The van der Waals surface area contributed by atoms with Gasteiger partial charge in [-0.05, 0) is 31.0 Å². The van der Waals surface area contributed by atoms with Crippen LogP contribution in [0.5, 0.6) is 0 Å². The molecule has 2 aromatic carbocycles. The van der Waals surface area contributed by atoms with Gasteiger partial charge < -0.3 is 9.80 Å². The van der Waals surface area contributed by atoms with Crippen molar-refractivity contribution in [1.29, 1.82) is 0 Å². The second-order valence-electron chi connectivity index (χ2n) is 7.84. The first-order chi connectivity index (χ1) is 14.7. The number of hydrogen-bond donors (Lipinski definition) is 0. The Bertz CT molecular complexity index is 1080. The number of aromatic nitrogens is 2. The highest BCUT2D eigenvalue weighted by atomic mass is 19.1. The molecule has 1 amide bonds. The van der Waals surface area contributed by atoms with Gasteiger partial charge in [-0.3, -0.25) is 4.79 Å². The Kier molecular flexibility index (Phi) is 4.91. The van der Waals surface area contributed by atoms with Gasteiger partial charge in [-0.25, -0.2) is 14.4 Å². The fourth-order valence-electron chi connectivity index (χ4n) is 4.28. The number of carbonyl (C=O) groups is 1. The molecule has 152 valence electrons. The summed E-state index contributed by atoms with van der Waals surface area (Å²) in [6.07, 6.45) is 2.95. The highest BCUT2D eigenvalue weighted by molar-refractivity contribution is 5.94. The number of fused-ring (bicyclic) bond motifs is 1. The number of hydrogen-bond acceptors (Lipinski definition) is 4. The van der Waals surface area contributed by atoms with E-state index in [-0.39, 0.29) is 5.91 Å². The fourth-order valence-corrected chi connectivity index (χ4v) is 4.28. The molecule has 1 aromatic heterocycles. The van der Waals surface area contributed by atoms with E-state index in [1.165, 1.54) is 12.1 Å². The van der Waals surface area contributed by atoms with E-state index in [2.05, 4.69) is 4.90 Å². The number of amides is 1. The first kappa shape index (κ1) is 18.7. The Morgan fingerprint density at radius 2 is 1.73 bits per heavy atom. The monoisotopic (exact) mass is 402 g/mol. The molecule has 0 saturated carbocycles. The number of rotatable bonds is 3. The molecule has 2 aliphatic heterocycles. The second kappa shape index (κ2) is 7.86. The first-order valence-corrected chi connectivity index (χ1v) is 10.4. The van der Waals surface area contributed by atoms with Crippen LogP contribution < -0.4 is 4.90 Å². The van der Waals surface area contributed by atoms with Crippen LogP contribution in [0.4, 0.5) is 10.2 Å². The predicted octanol–water partition coefficient (Wildman–Crippen LogP) is 4.08. The summed E-state index contributed by atoms with van der Waals surface area (Å²) < 4.78 is 13.6. The van der Waals surface area contributed by atoms with E-state index < -0.39 is 5.82 Å². The maximum atomic E-state index is 13.6. The zero-order valence-corrected chi connectivity index (χ0v) is 16.7. The van der Waals surface area contributed by atoms with Crippen LogP contribution in [-0.2, 0) is 13.0 Å². The topological polar surface area (TPSA) is 49.3 Å². The third-order valence-electron chi connectivity index (χ3n) is 5.83. The minimum absolute atomic E-state index is 0.153. The smallest absolute Gasteiger partial charge is 0.254 e. The predicted molar refractivity (Wildman–Crippen MR) is 114 cm³/mol. The van der Waals surface area contributed by atoms with Gasteiger partial charge >= 0.3 is 0 Å². The molecule has 1 fully saturated rings. The summed E-state index contributed by atoms with van der Waals surface area (Å²) in [7, 11) is 0. The fraction of sp³-hybridized carbons (Fsp3) is 0.292. The van der Waals surface area contributed by atoms with Crippen LogP contribution in [-0.4, -0.2) is 40.4 Å². The molecule has 5 rings (SSSR count). The minimum Gasteiger partial charge on any atom is -0.356 e. The van der Waals surface area contributed by atoms with E-state index in [4.69, 9.17) is 9.97 Å². The van der Waals surface area contributed by atoms with E-state index in [1.807, 2.05) is 30.3 Å². The van der Waals surface area contributed by atoms with Gasteiger partial charge in [0.2, 0.25) is 0 Å². The lowest BCUT2D eigenvalue weighted by Gasteiger charge is -2.32. The number of halogens is 1. The summed E-state index contributed by atoms with van der Waals surface area (Å²) in [4.78, 5) is 26.9. The van der Waals surface area contributed by atoms with E-state index in [9.17, 15) is 9.18 Å². The Labute approximate surface area is 175 Å².